The van der Waals surface area contributed by atoms with E-state index < -0.39 is 53.1 Å². The lowest BCUT2D eigenvalue weighted by atomic mass is 9.72. The van der Waals surface area contributed by atoms with E-state index in [-0.39, 0.29) is 36.3 Å². The Bertz CT molecular complexity index is 1280. The molecule has 1 amide bonds. The van der Waals surface area contributed by atoms with Gasteiger partial charge < -0.3 is 29.5 Å². The molecule has 1 aromatic carbocycles. The highest BCUT2D eigenvalue weighted by Crippen LogP contribution is 2.49. The summed E-state index contributed by atoms with van der Waals surface area (Å²) >= 11 is 0. The summed E-state index contributed by atoms with van der Waals surface area (Å²) in [4.78, 5) is 33.1. The molecule has 0 saturated carbocycles. The number of carbonyl (C=O) groups excluding carboxylic acids is 1. The number of halogens is 3. The van der Waals surface area contributed by atoms with Gasteiger partial charge in [-0.15, -0.1) is 0 Å². The molecule has 5 unspecified atom stereocenters. The van der Waals surface area contributed by atoms with Gasteiger partial charge in [0.2, 0.25) is 11.8 Å². The summed E-state index contributed by atoms with van der Waals surface area (Å²) in [5.74, 6) is -2.18. The predicted molar refractivity (Wildman–Crippen MR) is 147 cm³/mol. The Hall–Kier alpha value is -3.38. The molecule has 2 aliphatic rings. The van der Waals surface area contributed by atoms with Crippen LogP contribution in [0.1, 0.15) is 56.5 Å². The number of pyridine rings is 1. The Labute approximate surface area is 243 Å². The Morgan fingerprint density at radius 1 is 1.14 bits per heavy atom. The van der Waals surface area contributed by atoms with Gasteiger partial charge in [-0.05, 0) is 42.5 Å². The largest absolute Gasteiger partial charge is 0.496 e. The number of nitrogens with one attached hydrogen (secondary N) is 1. The quantitative estimate of drug-likeness (QED) is 0.453. The minimum Gasteiger partial charge on any atom is -0.496 e. The number of ether oxygens (including phenoxy) is 3. The van der Waals surface area contributed by atoms with E-state index in [2.05, 4.69) is 10.3 Å². The van der Waals surface area contributed by atoms with E-state index in [0.29, 0.717) is 25.1 Å². The van der Waals surface area contributed by atoms with Gasteiger partial charge in [0.25, 0.3) is 0 Å². The van der Waals surface area contributed by atoms with Crippen molar-refractivity contribution in [2.75, 3.05) is 27.4 Å². The lowest BCUT2D eigenvalue weighted by Gasteiger charge is -2.36. The molecule has 1 aromatic heterocycles. The van der Waals surface area contributed by atoms with Crippen LogP contribution in [0, 0.1) is 17.3 Å². The smallest absolute Gasteiger partial charge is 0.416 e. The molecule has 2 aliphatic heterocycles. The maximum absolute atomic E-state index is 14.2. The zero-order valence-electron chi connectivity index (χ0n) is 24.4. The summed E-state index contributed by atoms with van der Waals surface area (Å²) in [5.41, 5.74) is -0.823. The third-order valence-electron chi connectivity index (χ3n) is 8.08. The Morgan fingerprint density at radius 3 is 2.45 bits per heavy atom. The highest BCUT2D eigenvalue weighted by Gasteiger charge is 2.59. The SMILES string of the molecule is COc1cccc(C2C(NCc3cc(C(F)(F)F)ccc3OC)C(C(C)(C)C)C(C(=O)O)N2C(=O)C2CCCOC2)n1. The molecular formula is C30H38F3N3O6. The van der Waals surface area contributed by atoms with E-state index in [4.69, 9.17) is 14.2 Å². The maximum atomic E-state index is 14.2. The fourth-order valence-electron chi connectivity index (χ4n) is 6.21. The summed E-state index contributed by atoms with van der Waals surface area (Å²) < 4.78 is 57.0. The summed E-state index contributed by atoms with van der Waals surface area (Å²) in [6, 6.07) is 5.47. The fourth-order valence-corrected chi connectivity index (χ4v) is 6.21. The number of likely N-dealkylation sites (tertiary alicyclic amines) is 1. The molecule has 2 saturated heterocycles. The second-order valence-electron chi connectivity index (χ2n) is 11.8. The van der Waals surface area contributed by atoms with Gasteiger partial charge in [-0.2, -0.15) is 13.2 Å². The maximum Gasteiger partial charge on any atom is 0.416 e. The van der Waals surface area contributed by atoms with Crippen LogP contribution in [0.15, 0.2) is 36.4 Å². The van der Waals surface area contributed by atoms with E-state index in [9.17, 15) is 27.9 Å². The topological polar surface area (TPSA) is 110 Å². The first-order valence-corrected chi connectivity index (χ1v) is 13.9. The Balaban J connectivity index is 1.85. The summed E-state index contributed by atoms with van der Waals surface area (Å²) in [5, 5.41) is 13.9. The molecule has 9 nitrogen and oxygen atoms in total. The molecule has 12 heteroatoms. The van der Waals surface area contributed by atoms with Crippen molar-refractivity contribution in [1.29, 1.82) is 0 Å². The van der Waals surface area contributed by atoms with E-state index in [1.165, 1.54) is 25.2 Å². The number of hydrogen-bond acceptors (Lipinski definition) is 7. The molecule has 0 spiro atoms. The molecule has 2 fully saturated rings. The number of carbonyl (C=O) groups is 2. The number of rotatable bonds is 8. The van der Waals surface area contributed by atoms with Crippen molar-refractivity contribution < 1.29 is 42.1 Å². The number of alkyl halides is 3. The molecule has 230 valence electrons. The molecule has 3 heterocycles. The summed E-state index contributed by atoms with van der Waals surface area (Å²) in [6.07, 6.45) is -3.33. The first-order valence-electron chi connectivity index (χ1n) is 13.9. The second-order valence-corrected chi connectivity index (χ2v) is 11.8. The molecular weight excluding hydrogens is 555 g/mol. The number of benzene rings is 1. The fraction of sp³-hybridized carbons (Fsp3) is 0.567. The number of nitrogens with zero attached hydrogens (tertiary/aromatic N) is 2. The van der Waals surface area contributed by atoms with Gasteiger partial charge in [-0.25, -0.2) is 9.78 Å². The molecule has 0 bridgehead atoms. The van der Waals surface area contributed by atoms with E-state index in [1.807, 2.05) is 20.8 Å². The van der Waals surface area contributed by atoms with Crippen molar-refractivity contribution >= 4 is 11.9 Å². The van der Waals surface area contributed by atoms with E-state index in [1.54, 1.807) is 18.2 Å². The number of amides is 1. The van der Waals surface area contributed by atoms with Crippen molar-refractivity contribution in [3.63, 3.8) is 0 Å². The average Bonchev–Trinajstić information content (AvgIpc) is 3.31. The number of carboxylic acid groups (broad SMARTS) is 1. The van der Waals surface area contributed by atoms with Gasteiger partial charge in [-0.3, -0.25) is 4.79 Å². The van der Waals surface area contributed by atoms with Crippen LogP contribution in [0.4, 0.5) is 13.2 Å². The van der Waals surface area contributed by atoms with Crippen molar-refractivity contribution in [2.45, 2.75) is 64.5 Å². The van der Waals surface area contributed by atoms with Gasteiger partial charge in [-0.1, -0.05) is 26.8 Å². The Morgan fingerprint density at radius 2 is 1.88 bits per heavy atom. The first kappa shape index (κ1) is 31.6. The number of hydrogen-bond donors (Lipinski definition) is 2. The minimum atomic E-state index is -4.56. The first-order chi connectivity index (χ1) is 19.8. The normalized spacial score (nSPS) is 24.9. The zero-order chi connectivity index (χ0) is 30.8. The van der Waals surface area contributed by atoms with Crippen molar-refractivity contribution in [1.82, 2.24) is 15.2 Å². The van der Waals surface area contributed by atoms with Crippen LogP contribution in [0.25, 0.3) is 0 Å². The van der Waals surface area contributed by atoms with Crippen LogP contribution >= 0.6 is 0 Å². The molecule has 2 aromatic rings. The van der Waals surface area contributed by atoms with Crippen LogP contribution < -0.4 is 14.8 Å². The average molecular weight is 594 g/mol. The number of methoxy groups -OCH3 is 2. The molecule has 0 aliphatic carbocycles. The third-order valence-corrected chi connectivity index (χ3v) is 8.08. The van der Waals surface area contributed by atoms with Crippen LogP contribution in [0.3, 0.4) is 0 Å². The van der Waals surface area contributed by atoms with E-state index in [0.717, 1.165) is 12.1 Å². The number of aliphatic carboxylic acids is 1. The van der Waals surface area contributed by atoms with Crippen molar-refractivity contribution in [2.24, 2.45) is 17.3 Å². The van der Waals surface area contributed by atoms with Gasteiger partial charge >= 0.3 is 12.1 Å². The highest BCUT2D eigenvalue weighted by atomic mass is 19.4. The van der Waals surface area contributed by atoms with Gasteiger partial charge in [0.1, 0.15) is 11.8 Å². The number of aromatic nitrogens is 1. The van der Waals surface area contributed by atoms with Crippen molar-refractivity contribution in [3.8, 4) is 11.6 Å². The Kier molecular flexibility index (Phi) is 9.36. The second kappa shape index (κ2) is 12.5. The van der Waals surface area contributed by atoms with Gasteiger partial charge in [0.15, 0.2) is 0 Å². The number of carboxylic acids is 1. The molecule has 4 rings (SSSR count). The molecule has 2 N–H and O–H groups in total. The monoisotopic (exact) mass is 593 g/mol. The van der Waals surface area contributed by atoms with Crippen LogP contribution in [-0.2, 0) is 27.0 Å². The lowest BCUT2D eigenvalue weighted by molar-refractivity contribution is -0.156. The minimum absolute atomic E-state index is 0.0777. The lowest BCUT2D eigenvalue weighted by Crippen LogP contribution is -2.50. The standard InChI is InChI=1S/C30H38F3N3O6/c1-29(2,3)23-24(34-15-18-14-19(30(31,32)33)11-12-21(18)40-4)25(20-9-6-10-22(35-20)41-5)36(26(23)28(38)39)27(37)17-8-7-13-42-16-17/h6,9-12,14,17,23-26,34H,7-8,13,15-16H2,1-5H3,(H,38,39). The van der Waals surface area contributed by atoms with Crippen LogP contribution in [-0.4, -0.2) is 66.4 Å². The highest BCUT2D eigenvalue weighted by molar-refractivity contribution is 5.87. The van der Waals surface area contributed by atoms with Gasteiger partial charge in [0.05, 0.1) is 44.0 Å². The summed E-state index contributed by atoms with van der Waals surface area (Å²) in [7, 11) is 2.83. The molecule has 0 radical (unpaired) electrons. The molecule has 42 heavy (non-hydrogen) atoms. The van der Waals surface area contributed by atoms with Gasteiger partial charge in [0, 0.05) is 36.7 Å². The van der Waals surface area contributed by atoms with Crippen molar-refractivity contribution in [3.05, 3.63) is 53.2 Å². The molecule has 5 atom stereocenters. The third kappa shape index (κ3) is 6.49. The predicted octanol–water partition coefficient (Wildman–Crippen LogP) is 4.70. The van der Waals surface area contributed by atoms with Crippen LogP contribution in [0.2, 0.25) is 0 Å². The van der Waals surface area contributed by atoms with Crippen LogP contribution in [0.5, 0.6) is 11.6 Å². The summed E-state index contributed by atoms with van der Waals surface area (Å²) in [6.45, 7) is 6.30. The zero-order valence-corrected chi connectivity index (χ0v) is 24.4. The van der Waals surface area contributed by atoms with E-state index >= 15 is 0 Å².